The molecule has 0 aliphatic carbocycles. The van der Waals surface area contributed by atoms with Gasteiger partial charge in [-0.05, 0) is 24.9 Å². The van der Waals surface area contributed by atoms with Gasteiger partial charge in [0, 0.05) is 6.54 Å². The molecule has 2 aromatic rings. The van der Waals surface area contributed by atoms with Crippen LogP contribution in [0.4, 0.5) is 0 Å². The van der Waals surface area contributed by atoms with Gasteiger partial charge in [-0.15, -0.1) is 0 Å². The first-order valence-corrected chi connectivity index (χ1v) is 5.95. The van der Waals surface area contributed by atoms with E-state index in [1.807, 2.05) is 11.5 Å². The van der Waals surface area contributed by atoms with Gasteiger partial charge >= 0.3 is 0 Å². The molecular weight excluding hydrogens is 247 g/mol. The van der Waals surface area contributed by atoms with Gasteiger partial charge in [-0.25, -0.2) is 9.97 Å². The van der Waals surface area contributed by atoms with E-state index in [-0.39, 0.29) is 5.28 Å². The van der Waals surface area contributed by atoms with Crippen molar-refractivity contribution in [1.29, 1.82) is 0 Å². The summed E-state index contributed by atoms with van der Waals surface area (Å²) in [6, 6.07) is 0. The van der Waals surface area contributed by atoms with Gasteiger partial charge in [-0.3, -0.25) is 0 Å². The molecule has 0 saturated carbocycles. The first-order chi connectivity index (χ1) is 7.63. The average molecular weight is 259 g/mol. The van der Waals surface area contributed by atoms with E-state index in [2.05, 4.69) is 21.9 Å². The molecule has 0 aliphatic heterocycles. The first kappa shape index (κ1) is 11.6. The summed E-state index contributed by atoms with van der Waals surface area (Å²) in [7, 11) is 0. The normalized spacial score (nSPS) is 11.2. The topological polar surface area (TPSA) is 43.6 Å². The van der Waals surface area contributed by atoms with Crippen LogP contribution in [0.25, 0.3) is 11.2 Å². The predicted molar refractivity (Wildman–Crippen MR) is 65.0 cm³/mol. The minimum atomic E-state index is 0.137. The van der Waals surface area contributed by atoms with Crippen LogP contribution in [0.1, 0.15) is 25.6 Å². The Labute approximate surface area is 104 Å². The van der Waals surface area contributed by atoms with Crippen LogP contribution in [0.3, 0.4) is 0 Å². The Kier molecular flexibility index (Phi) is 3.30. The van der Waals surface area contributed by atoms with Crippen molar-refractivity contribution in [2.45, 2.75) is 33.2 Å². The van der Waals surface area contributed by atoms with Crippen LogP contribution in [-0.2, 0) is 6.54 Å². The number of fused-ring (bicyclic) bond motifs is 1. The van der Waals surface area contributed by atoms with Crippen LogP contribution >= 0.6 is 23.2 Å². The number of hydrogen-bond acceptors (Lipinski definition) is 3. The summed E-state index contributed by atoms with van der Waals surface area (Å²) in [4.78, 5) is 12.3. The van der Waals surface area contributed by atoms with Crippen LogP contribution < -0.4 is 0 Å². The smallest absolute Gasteiger partial charge is 0.225 e. The van der Waals surface area contributed by atoms with E-state index in [1.54, 1.807) is 0 Å². The number of imidazole rings is 1. The van der Waals surface area contributed by atoms with Crippen LogP contribution in [0, 0.1) is 6.92 Å². The molecule has 0 N–H and O–H groups in total. The van der Waals surface area contributed by atoms with Crippen molar-refractivity contribution in [3.05, 3.63) is 16.3 Å². The fourth-order valence-corrected chi connectivity index (χ4v) is 2.14. The quantitative estimate of drug-likeness (QED) is 0.627. The summed E-state index contributed by atoms with van der Waals surface area (Å²) in [5.74, 6) is 0.891. The molecule has 0 bridgehead atoms. The number of aryl methyl sites for hydroxylation is 2. The molecule has 0 radical (unpaired) electrons. The molecule has 4 nitrogen and oxygen atoms in total. The summed E-state index contributed by atoms with van der Waals surface area (Å²) in [5, 5.41) is 0.504. The maximum Gasteiger partial charge on any atom is 0.225 e. The number of hydrogen-bond donors (Lipinski definition) is 0. The van der Waals surface area contributed by atoms with Crippen molar-refractivity contribution in [2.24, 2.45) is 0 Å². The van der Waals surface area contributed by atoms with Crippen molar-refractivity contribution in [2.75, 3.05) is 0 Å². The lowest BCUT2D eigenvalue weighted by Gasteiger charge is -2.05. The molecule has 2 rings (SSSR count). The van der Waals surface area contributed by atoms with Crippen molar-refractivity contribution >= 4 is 34.4 Å². The summed E-state index contributed by atoms with van der Waals surface area (Å²) in [6.45, 7) is 4.95. The Balaban J connectivity index is 2.59. The molecule has 6 heteroatoms. The van der Waals surface area contributed by atoms with Crippen LogP contribution in [0.15, 0.2) is 0 Å². The van der Waals surface area contributed by atoms with Crippen LogP contribution in [0.5, 0.6) is 0 Å². The third kappa shape index (κ3) is 1.99. The third-order valence-corrected chi connectivity index (χ3v) is 2.89. The zero-order chi connectivity index (χ0) is 11.7. The Morgan fingerprint density at radius 1 is 1.19 bits per heavy atom. The van der Waals surface area contributed by atoms with E-state index in [1.165, 1.54) is 0 Å². The predicted octanol–water partition coefficient (Wildman–Crippen LogP) is 3.24. The van der Waals surface area contributed by atoms with Gasteiger partial charge in [0.2, 0.25) is 5.28 Å². The number of halogens is 2. The first-order valence-electron chi connectivity index (χ1n) is 5.19. The van der Waals surface area contributed by atoms with Gasteiger partial charge < -0.3 is 4.57 Å². The fraction of sp³-hybridized carbons (Fsp3) is 0.500. The summed E-state index contributed by atoms with van der Waals surface area (Å²) in [6.07, 6.45) is 2.19. The van der Waals surface area contributed by atoms with E-state index in [9.17, 15) is 0 Å². The van der Waals surface area contributed by atoms with Crippen LogP contribution in [0.2, 0.25) is 10.4 Å². The van der Waals surface area contributed by atoms with Crippen molar-refractivity contribution in [3.8, 4) is 0 Å². The van der Waals surface area contributed by atoms with E-state index >= 15 is 0 Å². The highest BCUT2D eigenvalue weighted by molar-refractivity contribution is 6.35. The number of nitrogens with zero attached hydrogens (tertiary/aromatic N) is 4. The molecule has 0 atom stereocenters. The second-order valence-electron chi connectivity index (χ2n) is 3.62. The molecule has 0 aliphatic rings. The molecule has 0 amide bonds. The molecule has 0 aromatic carbocycles. The molecule has 2 aromatic heterocycles. The van der Waals surface area contributed by atoms with Gasteiger partial charge in [0.15, 0.2) is 10.8 Å². The van der Waals surface area contributed by atoms with Crippen LogP contribution in [-0.4, -0.2) is 19.5 Å². The lowest BCUT2D eigenvalue weighted by Crippen LogP contribution is -2.01. The van der Waals surface area contributed by atoms with Gasteiger partial charge in [0.1, 0.15) is 11.3 Å². The second-order valence-corrected chi connectivity index (χ2v) is 4.32. The zero-order valence-electron chi connectivity index (χ0n) is 9.17. The Morgan fingerprint density at radius 2 is 1.94 bits per heavy atom. The van der Waals surface area contributed by atoms with E-state index in [0.717, 1.165) is 30.7 Å². The molecule has 0 saturated heterocycles. The highest BCUT2D eigenvalue weighted by atomic mass is 35.5. The number of unbranched alkanes of at least 4 members (excludes halogenated alkanes) is 1. The lowest BCUT2D eigenvalue weighted by atomic mass is 10.3. The highest BCUT2D eigenvalue weighted by Crippen LogP contribution is 2.23. The SMILES string of the molecule is CCCCn1c(C)nc2nc(Cl)nc(Cl)c21. The highest BCUT2D eigenvalue weighted by Gasteiger charge is 2.13. The number of aromatic nitrogens is 4. The Hall–Kier alpha value is -0.870. The molecule has 16 heavy (non-hydrogen) atoms. The fourth-order valence-electron chi connectivity index (χ4n) is 1.67. The molecule has 0 spiro atoms. The van der Waals surface area contributed by atoms with Crippen molar-refractivity contribution < 1.29 is 0 Å². The van der Waals surface area contributed by atoms with E-state index in [0.29, 0.717) is 10.8 Å². The molecule has 0 fully saturated rings. The van der Waals surface area contributed by atoms with Gasteiger partial charge in [-0.1, -0.05) is 24.9 Å². The minimum Gasteiger partial charge on any atom is -0.324 e. The summed E-state index contributed by atoms with van der Waals surface area (Å²) >= 11 is 11.8. The number of rotatable bonds is 3. The lowest BCUT2D eigenvalue weighted by molar-refractivity contribution is 0.630. The molecule has 86 valence electrons. The minimum absolute atomic E-state index is 0.137. The maximum absolute atomic E-state index is 6.06. The van der Waals surface area contributed by atoms with E-state index < -0.39 is 0 Å². The second kappa shape index (κ2) is 4.55. The van der Waals surface area contributed by atoms with Crippen molar-refractivity contribution in [3.63, 3.8) is 0 Å². The largest absolute Gasteiger partial charge is 0.324 e. The monoisotopic (exact) mass is 258 g/mol. The maximum atomic E-state index is 6.06. The van der Waals surface area contributed by atoms with Gasteiger partial charge in [0.05, 0.1) is 0 Å². The molecule has 0 unspecified atom stereocenters. The van der Waals surface area contributed by atoms with E-state index in [4.69, 9.17) is 23.2 Å². The third-order valence-electron chi connectivity index (χ3n) is 2.46. The van der Waals surface area contributed by atoms with Gasteiger partial charge in [-0.2, -0.15) is 4.98 Å². The Morgan fingerprint density at radius 3 is 2.62 bits per heavy atom. The average Bonchev–Trinajstić information content (AvgIpc) is 2.51. The Bertz CT molecular complexity index is 521. The summed E-state index contributed by atoms with van der Waals surface area (Å²) in [5.41, 5.74) is 1.34. The standard InChI is InChI=1S/C10H12Cl2N4/c1-3-4-5-16-6(2)13-9-7(16)8(11)14-10(12)15-9/h3-5H2,1-2H3. The molecule has 2 heterocycles. The summed E-state index contributed by atoms with van der Waals surface area (Å²) < 4.78 is 2.04. The molecular formula is C10H12Cl2N4. The zero-order valence-corrected chi connectivity index (χ0v) is 10.7. The van der Waals surface area contributed by atoms with Gasteiger partial charge in [0.25, 0.3) is 0 Å². The van der Waals surface area contributed by atoms with Crippen molar-refractivity contribution in [1.82, 2.24) is 19.5 Å².